The van der Waals surface area contributed by atoms with E-state index in [4.69, 9.17) is 0 Å². The van der Waals surface area contributed by atoms with Crippen molar-refractivity contribution in [2.45, 2.75) is 10.4 Å². The summed E-state index contributed by atoms with van der Waals surface area (Å²) in [6.07, 6.45) is 5.37. The number of allylic oxidation sites excluding steroid dienone is 4. The molecule has 1 rings (SSSR count). The van der Waals surface area contributed by atoms with Crippen LogP contribution in [-0.4, -0.2) is 10.2 Å². The number of rotatable bonds is 2. The van der Waals surface area contributed by atoms with E-state index >= 15 is 0 Å². The lowest BCUT2D eigenvalue weighted by Crippen LogP contribution is -2.11. The summed E-state index contributed by atoms with van der Waals surface area (Å²) in [6, 6.07) is 0. The van der Waals surface area contributed by atoms with Crippen molar-refractivity contribution in [2.24, 2.45) is 5.92 Å². The predicted molar refractivity (Wildman–Crippen MR) is 50.4 cm³/mol. The van der Waals surface area contributed by atoms with Crippen LogP contribution in [0.2, 0.25) is 0 Å². The van der Waals surface area contributed by atoms with Crippen LogP contribution in [0, 0.1) is 5.92 Å². The summed E-state index contributed by atoms with van der Waals surface area (Å²) < 4.78 is 22.4. The Hall–Kier alpha value is -0.260. The van der Waals surface area contributed by atoms with Crippen LogP contribution in [-0.2, 0) is 4.79 Å². The van der Waals surface area contributed by atoms with Crippen molar-refractivity contribution in [3.8, 4) is 0 Å². The van der Waals surface area contributed by atoms with E-state index in [1.807, 2.05) is 0 Å². The van der Waals surface area contributed by atoms with Crippen LogP contribution in [0.4, 0.5) is 8.78 Å². The van der Waals surface area contributed by atoms with Gasteiger partial charge in [-0.1, -0.05) is 18.2 Å². The molecule has 0 aromatic carbocycles. The molecule has 0 radical (unpaired) electrons. The summed E-state index contributed by atoms with van der Waals surface area (Å²) >= 11 is 1.07. The van der Waals surface area contributed by atoms with Crippen molar-refractivity contribution in [2.75, 3.05) is 0 Å². The zero-order valence-corrected chi connectivity index (χ0v) is 8.29. The first-order chi connectivity index (χ1) is 5.54. The van der Waals surface area contributed by atoms with Crippen molar-refractivity contribution in [1.29, 1.82) is 0 Å². The number of alkyl halides is 3. The Morgan fingerprint density at radius 3 is 2.67 bits per heavy atom. The maximum Gasteiger partial charge on any atom is 0.321 e. The van der Waals surface area contributed by atoms with Gasteiger partial charge in [0, 0.05) is 34.1 Å². The van der Waals surface area contributed by atoms with Crippen molar-refractivity contribution >= 4 is 28.9 Å². The second-order valence-corrected chi connectivity index (χ2v) is 3.91. The molecule has 0 aliphatic heterocycles. The van der Waals surface area contributed by atoms with Gasteiger partial charge in [-0.15, -0.1) is 0 Å². The third-order valence-corrected chi connectivity index (χ3v) is 2.26. The van der Waals surface area contributed by atoms with Gasteiger partial charge in [0.25, 0.3) is 0 Å². The van der Waals surface area contributed by atoms with E-state index < -0.39 is 3.93 Å². The molecule has 0 N–H and O–H groups in total. The van der Waals surface area contributed by atoms with Gasteiger partial charge < -0.3 is 4.79 Å². The number of carbonyl (C=O) groups is 1. The molecule has 1 atom stereocenters. The van der Waals surface area contributed by atoms with E-state index in [0.29, 0.717) is 6.42 Å². The van der Waals surface area contributed by atoms with Crippen molar-refractivity contribution in [1.82, 2.24) is 0 Å². The summed E-state index contributed by atoms with van der Waals surface area (Å²) in [6.45, 7) is 0. The molecule has 1 unspecified atom stereocenters. The van der Waals surface area contributed by atoms with Gasteiger partial charge in [0.05, 0.1) is 0 Å². The predicted octanol–water partition coefficient (Wildman–Crippen LogP) is 2.72. The first kappa shape index (κ1) is 9.83. The fraction of sp³-hybridized carbons (Fsp3) is 0.375. The minimum Gasteiger partial charge on any atom is -0.303 e. The second kappa shape index (κ2) is 3.64. The smallest absolute Gasteiger partial charge is 0.303 e. The molecule has 0 amide bonds. The van der Waals surface area contributed by atoms with Crippen LogP contribution in [0.1, 0.15) is 6.42 Å². The molecule has 1 aliphatic carbocycles. The highest BCUT2D eigenvalue weighted by Crippen LogP contribution is 2.34. The number of carbonyl (C=O) groups excluding carboxylic acids is 1. The summed E-state index contributed by atoms with van der Waals surface area (Å²) in [5.74, 6) is -0.229. The quantitative estimate of drug-likeness (QED) is 0.433. The maximum atomic E-state index is 12.6. The van der Waals surface area contributed by atoms with Gasteiger partial charge in [0.1, 0.15) is 6.29 Å². The SMILES string of the molecule is O=CC1C=CC(C(F)(F)I)=CC1. The molecule has 4 heteroatoms. The lowest BCUT2D eigenvalue weighted by atomic mass is 9.98. The highest BCUT2D eigenvalue weighted by Gasteiger charge is 2.29. The first-order valence-corrected chi connectivity index (χ1v) is 4.53. The maximum absolute atomic E-state index is 12.6. The molecule has 66 valence electrons. The van der Waals surface area contributed by atoms with Crippen LogP contribution in [0.3, 0.4) is 0 Å². The lowest BCUT2D eigenvalue weighted by molar-refractivity contribution is -0.109. The standard InChI is InChI=1S/C8H7F2IO/c9-8(10,11)7-3-1-6(5-12)2-4-7/h1,3-6H,2H2. The number of aldehydes is 1. The van der Waals surface area contributed by atoms with Crippen LogP contribution in [0.15, 0.2) is 23.8 Å². The second-order valence-electron chi connectivity index (χ2n) is 2.55. The zero-order chi connectivity index (χ0) is 9.19. The Labute approximate surface area is 82.7 Å². The van der Waals surface area contributed by atoms with E-state index in [1.54, 1.807) is 0 Å². The van der Waals surface area contributed by atoms with Crippen LogP contribution >= 0.6 is 22.6 Å². The van der Waals surface area contributed by atoms with E-state index in [9.17, 15) is 13.6 Å². The molecule has 0 bridgehead atoms. The van der Waals surface area contributed by atoms with Gasteiger partial charge in [0.15, 0.2) is 0 Å². The topological polar surface area (TPSA) is 17.1 Å². The number of hydrogen-bond acceptors (Lipinski definition) is 1. The Morgan fingerprint density at radius 2 is 2.33 bits per heavy atom. The van der Waals surface area contributed by atoms with Gasteiger partial charge in [0.2, 0.25) is 0 Å². The molecule has 12 heavy (non-hydrogen) atoms. The average Bonchev–Trinajstić information content (AvgIpc) is 2.03. The average molecular weight is 284 g/mol. The molecule has 1 nitrogen and oxygen atoms in total. The van der Waals surface area contributed by atoms with Gasteiger partial charge in [-0.2, -0.15) is 8.78 Å². The van der Waals surface area contributed by atoms with E-state index in [1.165, 1.54) is 18.2 Å². The number of hydrogen-bond donors (Lipinski definition) is 0. The Kier molecular flexibility index (Phi) is 2.98. The van der Waals surface area contributed by atoms with E-state index in [0.717, 1.165) is 28.9 Å². The molecular formula is C8H7F2IO. The first-order valence-electron chi connectivity index (χ1n) is 3.45. The van der Waals surface area contributed by atoms with Crippen molar-refractivity contribution in [3.63, 3.8) is 0 Å². The molecule has 0 aromatic rings. The fourth-order valence-electron chi connectivity index (χ4n) is 0.948. The van der Waals surface area contributed by atoms with Gasteiger partial charge in [-0.25, -0.2) is 0 Å². The summed E-state index contributed by atoms with van der Waals surface area (Å²) in [4.78, 5) is 10.2. The molecule has 0 fully saturated rings. The fourth-order valence-corrected chi connectivity index (χ4v) is 1.35. The van der Waals surface area contributed by atoms with E-state index in [-0.39, 0.29) is 11.5 Å². The monoisotopic (exact) mass is 284 g/mol. The molecular weight excluding hydrogens is 277 g/mol. The molecule has 0 saturated heterocycles. The van der Waals surface area contributed by atoms with Crippen LogP contribution in [0.5, 0.6) is 0 Å². The zero-order valence-electron chi connectivity index (χ0n) is 6.14. The highest BCUT2D eigenvalue weighted by molar-refractivity contribution is 14.1. The third kappa shape index (κ3) is 2.36. The summed E-state index contributed by atoms with van der Waals surface area (Å²) in [5, 5.41) is 0. The minimum atomic E-state index is -2.82. The highest BCUT2D eigenvalue weighted by atomic mass is 127. The Bertz CT molecular complexity index is 240. The minimum absolute atomic E-state index is 0.0128. The van der Waals surface area contributed by atoms with Crippen molar-refractivity contribution in [3.05, 3.63) is 23.8 Å². The third-order valence-electron chi connectivity index (χ3n) is 1.64. The molecule has 0 heterocycles. The van der Waals surface area contributed by atoms with Crippen molar-refractivity contribution < 1.29 is 13.6 Å². The number of halogens is 3. The van der Waals surface area contributed by atoms with Gasteiger partial charge in [-0.05, 0) is 6.42 Å². The Balaban J connectivity index is 2.70. The normalized spacial score (nSPS) is 23.6. The van der Waals surface area contributed by atoms with Gasteiger partial charge in [-0.3, -0.25) is 0 Å². The van der Waals surface area contributed by atoms with E-state index in [2.05, 4.69) is 0 Å². The lowest BCUT2D eigenvalue weighted by Gasteiger charge is -2.14. The summed E-state index contributed by atoms with van der Waals surface area (Å²) in [5.41, 5.74) is -0.0128. The largest absolute Gasteiger partial charge is 0.321 e. The van der Waals surface area contributed by atoms with Crippen LogP contribution in [0.25, 0.3) is 0 Å². The summed E-state index contributed by atoms with van der Waals surface area (Å²) in [7, 11) is 0. The molecule has 1 aliphatic rings. The van der Waals surface area contributed by atoms with Crippen LogP contribution < -0.4 is 0 Å². The molecule has 0 saturated carbocycles. The molecule has 0 aromatic heterocycles. The Morgan fingerprint density at radius 1 is 1.67 bits per heavy atom. The molecule has 0 spiro atoms. The van der Waals surface area contributed by atoms with Gasteiger partial charge >= 0.3 is 3.93 Å².